The molecule has 0 saturated heterocycles. The average Bonchev–Trinajstić information content (AvgIpc) is 2.73. The van der Waals surface area contributed by atoms with Crippen molar-refractivity contribution in [3.63, 3.8) is 0 Å². The van der Waals surface area contributed by atoms with Crippen LogP contribution >= 0.6 is 0 Å². The monoisotopic (exact) mass is 235 g/mol. The molecule has 17 heavy (non-hydrogen) atoms. The molecule has 0 radical (unpaired) electrons. The van der Waals surface area contributed by atoms with Gasteiger partial charge >= 0.3 is 5.69 Å². The summed E-state index contributed by atoms with van der Waals surface area (Å²) in [5, 5.41) is 17.0. The van der Waals surface area contributed by atoms with Crippen LogP contribution in [0.25, 0.3) is 0 Å². The Morgan fingerprint density at radius 3 is 2.71 bits per heavy atom. The van der Waals surface area contributed by atoms with E-state index in [9.17, 15) is 10.1 Å². The minimum Gasteiger partial charge on any atom is -0.359 e. The summed E-state index contributed by atoms with van der Waals surface area (Å²) in [4.78, 5) is 17.4. The average molecular weight is 235 g/mol. The molecular formula is C9H9N5O3. The highest BCUT2D eigenvalue weighted by atomic mass is 16.6. The second kappa shape index (κ2) is 4.56. The Bertz CT molecular complexity index is 522. The lowest BCUT2D eigenvalue weighted by Gasteiger charge is -2.00. The molecule has 0 aliphatic heterocycles. The Morgan fingerprint density at radius 1 is 1.47 bits per heavy atom. The zero-order chi connectivity index (χ0) is 12.3. The van der Waals surface area contributed by atoms with E-state index in [-0.39, 0.29) is 5.69 Å². The summed E-state index contributed by atoms with van der Waals surface area (Å²) in [5.74, 6) is 0.939. The summed E-state index contributed by atoms with van der Waals surface area (Å²) in [6.45, 7) is 2.19. The number of anilines is 1. The van der Waals surface area contributed by atoms with Crippen LogP contribution < -0.4 is 5.32 Å². The van der Waals surface area contributed by atoms with E-state index in [0.29, 0.717) is 18.3 Å². The van der Waals surface area contributed by atoms with Crippen LogP contribution in [0, 0.1) is 17.0 Å². The van der Waals surface area contributed by atoms with Gasteiger partial charge in [0.25, 0.3) is 0 Å². The highest BCUT2D eigenvalue weighted by Crippen LogP contribution is 2.09. The third-order valence-electron chi connectivity index (χ3n) is 1.95. The normalized spacial score (nSPS) is 10.2. The molecule has 2 heterocycles. The van der Waals surface area contributed by atoms with Crippen molar-refractivity contribution in [1.29, 1.82) is 0 Å². The lowest BCUT2D eigenvalue weighted by Crippen LogP contribution is -2.03. The lowest BCUT2D eigenvalue weighted by molar-refractivity contribution is -0.385. The van der Waals surface area contributed by atoms with Crippen molar-refractivity contribution in [3.05, 3.63) is 40.0 Å². The first-order chi connectivity index (χ1) is 8.15. The second-order valence-corrected chi connectivity index (χ2v) is 3.31. The number of hydrogen-bond acceptors (Lipinski definition) is 7. The van der Waals surface area contributed by atoms with Gasteiger partial charge < -0.3 is 9.84 Å². The van der Waals surface area contributed by atoms with E-state index in [4.69, 9.17) is 4.52 Å². The molecule has 0 aliphatic rings. The number of hydrogen-bond donors (Lipinski definition) is 1. The molecule has 88 valence electrons. The van der Waals surface area contributed by atoms with Crippen LogP contribution in [0.5, 0.6) is 0 Å². The minimum absolute atomic E-state index is 0.147. The Morgan fingerprint density at radius 2 is 2.18 bits per heavy atom. The van der Waals surface area contributed by atoms with Crippen molar-refractivity contribution in [2.45, 2.75) is 13.5 Å². The number of aromatic nitrogens is 3. The van der Waals surface area contributed by atoms with Gasteiger partial charge in [-0.05, 0) is 6.92 Å². The zero-order valence-electron chi connectivity index (χ0n) is 8.95. The Hall–Kier alpha value is -2.51. The Labute approximate surface area is 95.8 Å². The first kappa shape index (κ1) is 11.0. The third-order valence-corrected chi connectivity index (χ3v) is 1.95. The highest BCUT2D eigenvalue weighted by Gasteiger charge is 2.07. The zero-order valence-corrected chi connectivity index (χ0v) is 8.95. The fraction of sp³-hybridized carbons (Fsp3) is 0.222. The van der Waals surface area contributed by atoms with Crippen LogP contribution in [0.15, 0.2) is 23.0 Å². The van der Waals surface area contributed by atoms with Crippen LogP contribution in [0.3, 0.4) is 0 Å². The van der Waals surface area contributed by atoms with Gasteiger partial charge in [0.1, 0.15) is 12.4 Å². The molecule has 2 rings (SSSR count). The number of nitrogens with one attached hydrogen (secondary N) is 1. The molecule has 2 aromatic rings. The molecule has 2 aromatic heterocycles. The van der Waals surface area contributed by atoms with Crippen LogP contribution in [0.1, 0.15) is 11.5 Å². The lowest BCUT2D eigenvalue weighted by atomic mass is 10.4. The number of rotatable bonds is 4. The molecule has 0 unspecified atom stereocenters. The fourth-order valence-corrected chi connectivity index (χ4v) is 1.17. The number of nitrogens with zero attached hydrogens (tertiary/aromatic N) is 4. The molecule has 0 spiro atoms. The Kier molecular flexibility index (Phi) is 2.95. The van der Waals surface area contributed by atoms with Crippen LogP contribution in [-0.2, 0) is 6.54 Å². The van der Waals surface area contributed by atoms with Gasteiger partial charge in [-0.2, -0.15) is 0 Å². The third kappa shape index (κ3) is 2.74. The van der Waals surface area contributed by atoms with E-state index < -0.39 is 4.92 Å². The van der Waals surface area contributed by atoms with Gasteiger partial charge in [-0.3, -0.25) is 10.1 Å². The predicted molar refractivity (Wildman–Crippen MR) is 57.3 cm³/mol. The summed E-state index contributed by atoms with van der Waals surface area (Å²) >= 11 is 0. The topological polar surface area (TPSA) is 107 Å². The van der Waals surface area contributed by atoms with Gasteiger partial charge in [-0.1, -0.05) is 5.16 Å². The number of nitro groups is 1. The maximum absolute atomic E-state index is 10.4. The van der Waals surface area contributed by atoms with Crippen LogP contribution in [-0.4, -0.2) is 20.0 Å². The van der Waals surface area contributed by atoms with Crippen molar-refractivity contribution in [1.82, 2.24) is 15.1 Å². The van der Waals surface area contributed by atoms with Gasteiger partial charge in [0.15, 0.2) is 5.76 Å². The minimum atomic E-state index is -0.552. The Balaban J connectivity index is 1.97. The molecule has 0 aromatic carbocycles. The van der Waals surface area contributed by atoms with Crippen molar-refractivity contribution >= 4 is 11.6 Å². The first-order valence-electron chi connectivity index (χ1n) is 4.77. The number of aryl methyl sites for hydroxylation is 1. The molecule has 0 amide bonds. The van der Waals surface area contributed by atoms with E-state index in [1.165, 1.54) is 0 Å². The molecule has 0 bridgehead atoms. The van der Waals surface area contributed by atoms with Crippen molar-refractivity contribution in [2.24, 2.45) is 0 Å². The molecule has 0 aliphatic carbocycles. The van der Waals surface area contributed by atoms with Gasteiger partial charge in [0.2, 0.25) is 5.95 Å². The van der Waals surface area contributed by atoms with Crippen molar-refractivity contribution < 1.29 is 9.45 Å². The van der Waals surface area contributed by atoms with Gasteiger partial charge in [0, 0.05) is 6.07 Å². The van der Waals surface area contributed by atoms with Gasteiger partial charge in [-0.15, -0.1) is 0 Å². The van der Waals surface area contributed by atoms with E-state index in [1.807, 2.05) is 6.92 Å². The SMILES string of the molecule is Cc1cc(CNc2ncc([N+](=O)[O-])cn2)on1. The maximum atomic E-state index is 10.4. The molecular weight excluding hydrogens is 226 g/mol. The fourth-order valence-electron chi connectivity index (χ4n) is 1.17. The molecule has 8 nitrogen and oxygen atoms in total. The van der Waals surface area contributed by atoms with E-state index in [1.54, 1.807) is 6.07 Å². The summed E-state index contributed by atoms with van der Waals surface area (Å²) < 4.78 is 4.97. The van der Waals surface area contributed by atoms with E-state index >= 15 is 0 Å². The van der Waals surface area contributed by atoms with Gasteiger partial charge in [0.05, 0.1) is 17.2 Å². The quantitative estimate of drug-likeness (QED) is 0.628. The summed E-state index contributed by atoms with van der Waals surface area (Å²) in [7, 11) is 0. The van der Waals surface area contributed by atoms with Crippen molar-refractivity contribution in [3.8, 4) is 0 Å². The highest BCUT2D eigenvalue weighted by molar-refractivity contribution is 5.30. The maximum Gasteiger partial charge on any atom is 0.305 e. The predicted octanol–water partition coefficient (Wildman–Crippen LogP) is 1.29. The van der Waals surface area contributed by atoms with Gasteiger partial charge in [-0.25, -0.2) is 9.97 Å². The largest absolute Gasteiger partial charge is 0.359 e. The van der Waals surface area contributed by atoms with Crippen LogP contribution in [0.4, 0.5) is 11.6 Å². The van der Waals surface area contributed by atoms with E-state index in [0.717, 1.165) is 18.1 Å². The molecule has 0 fully saturated rings. The smallest absolute Gasteiger partial charge is 0.305 e. The van der Waals surface area contributed by atoms with Crippen LogP contribution in [0.2, 0.25) is 0 Å². The van der Waals surface area contributed by atoms with Crippen molar-refractivity contribution in [2.75, 3.05) is 5.32 Å². The first-order valence-corrected chi connectivity index (χ1v) is 4.77. The molecule has 0 saturated carbocycles. The summed E-state index contributed by atoms with van der Waals surface area (Å²) in [6, 6.07) is 1.78. The standard InChI is InChI=1S/C9H9N5O3/c1-6-2-8(17-13-6)5-12-9-10-3-7(4-11-9)14(15)16/h2-4H,5H2,1H3,(H,10,11,12). The summed E-state index contributed by atoms with van der Waals surface area (Å²) in [5.41, 5.74) is 0.637. The summed E-state index contributed by atoms with van der Waals surface area (Å²) in [6.07, 6.45) is 2.28. The molecule has 0 atom stereocenters. The second-order valence-electron chi connectivity index (χ2n) is 3.31. The molecule has 8 heteroatoms. The molecule has 1 N–H and O–H groups in total. The van der Waals surface area contributed by atoms with E-state index in [2.05, 4.69) is 20.4 Å².